The Morgan fingerprint density at radius 3 is 2.09 bits per heavy atom. The Bertz CT molecular complexity index is 739. The molecule has 0 saturated carbocycles. The third kappa shape index (κ3) is 4.74. The number of nitrogens with two attached hydrogens (primary N) is 1. The molecule has 1 rings (SSSR count). The molecule has 0 radical (unpaired) electrons. The summed E-state index contributed by atoms with van der Waals surface area (Å²) < 4.78 is 52.5. The normalized spacial score (nSPS) is 13.5. The molecule has 0 amide bonds. The fourth-order valence-electron chi connectivity index (χ4n) is 1.83. The summed E-state index contributed by atoms with van der Waals surface area (Å²) in [5.74, 6) is 0. The monoisotopic (exact) mass is 363 g/mol. The third-order valence-electron chi connectivity index (χ3n) is 3.92. The van der Waals surface area contributed by atoms with E-state index in [-0.39, 0.29) is 16.3 Å². The van der Waals surface area contributed by atoms with Crippen molar-refractivity contribution in [3.8, 4) is 0 Å². The average molecular weight is 364 g/mol. The van der Waals surface area contributed by atoms with Gasteiger partial charge in [-0.25, -0.2) is 25.9 Å². The van der Waals surface area contributed by atoms with Crippen LogP contribution in [0.15, 0.2) is 34.1 Å². The van der Waals surface area contributed by atoms with Crippen molar-refractivity contribution < 1.29 is 16.8 Å². The van der Waals surface area contributed by atoms with Gasteiger partial charge in [0.25, 0.3) is 0 Å². The molecule has 0 aliphatic carbocycles. The van der Waals surface area contributed by atoms with Gasteiger partial charge in [0.2, 0.25) is 20.0 Å². The van der Waals surface area contributed by atoms with Crippen LogP contribution < -0.4 is 10.5 Å². The van der Waals surface area contributed by atoms with Crippen LogP contribution in [0.1, 0.15) is 26.7 Å². The van der Waals surface area contributed by atoms with E-state index in [0.29, 0.717) is 12.8 Å². The van der Waals surface area contributed by atoms with Crippen LogP contribution in [0.3, 0.4) is 0 Å². The number of sulfonamides is 2. The molecule has 0 saturated heterocycles. The van der Waals surface area contributed by atoms with Crippen molar-refractivity contribution >= 4 is 20.0 Å². The van der Waals surface area contributed by atoms with E-state index in [2.05, 4.69) is 4.72 Å². The Labute approximate surface area is 139 Å². The van der Waals surface area contributed by atoms with Crippen LogP contribution >= 0.6 is 0 Å². The lowest BCUT2D eigenvalue weighted by Crippen LogP contribution is -2.49. The second-order valence-electron chi connectivity index (χ2n) is 5.66. The number of hydrogen-bond donors (Lipinski definition) is 2. The molecule has 23 heavy (non-hydrogen) atoms. The van der Waals surface area contributed by atoms with E-state index in [9.17, 15) is 16.8 Å². The molecule has 0 unspecified atom stereocenters. The summed E-state index contributed by atoms with van der Waals surface area (Å²) in [4.78, 5) is -0.176. The molecule has 132 valence electrons. The van der Waals surface area contributed by atoms with Crippen LogP contribution in [0, 0.1) is 0 Å². The first-order valence-electron chi connectivity index (χ1n) is 7.29. The summed E-state index contributed by atoms with van der Waals surface area (Å²) in [6.07, 6.45) is 1.25. The Kier molecular flexibility index (Phi) is 6.33. The molecule has 9 heteroatoms. The number of rotatable bonds is 8. The van der Waals surface area contributed by atoms with Gasteiger partial charge in [-0.05, 0) is 31.0 Å². The highest BCUT2D eigenvalue weighted by Gasteiger charge is 2.25. The lowest BCUT2D eigenvalue weighted by Gasteiger charge is -2.26. The van der Waals surface area contributed by atoms with Crippen LogP contribution in [0.5, 0.6) is 0 Å². The van der Waals surface area contributed by atoms with Gasteiger partial charge in [0, 0.05) is 26.2 Å². The van der Waals surface area contributed by atoms with Gasteiger partial charge in [-0.1, -0.05) is 19.9 Å². The summed E-state index contributed by atoms with van der Waals surface area (Å²) in [6, 6.07) is 5.26. The van der Waals surface area contributed by atoms with Crippen molar-refractivity contribution in [3.05, 3.63) is 24.3 Å². The zero-order chi connectivity index (χ0) is 17.9. The summed E-state index contributed by atoms with van der Waals surface area (Å²) in [7, 11) is -4.75. The minimum absolute atomic E-state index is 0.0737. The number of benzene rings is 1. The molecule has 0 aromatic heterocycles. The van der Waals surface area contributed by atoms with Crippen molar-refractivity contribution in [2.45, 2.75) is 42.0 Å². The van der Waals surface area contributed by atoms with E-state index in [1.54, 1.807) is 0 Å². The highest BCUT2D eigenvalue weighted by molar-refractivity contribution is 7.90. The fraction of sp³-hybridized carbons (Fsp3) is 0.571. The second kappa shape index (κ2) is 7.27. The predicted octanol–water partition coefficient (Wildman–Crippen LogP) is 0.733. The van der Waals surface area contributed by atoms with Crippen molar-refractivity contribution in [1.29, 1.82) is 0 Å². The fourth-order valence-corrected chi connectivity index (χ4v) is 4.04. The number of nitrogens with one attached hydrogen (secondary N) is 1. The van der Waals surface area contributed by atoms with Crippen LogP contribution in [0.4, 0.5) is 0 Å². The maximum Gasteiger partial charge on any atom is 0.242 e. The Balaban J connectivity index is 3.12. The molecule has 7 nitrogen and oxygen atoms in total. The van der Waals surface area contributed by atoms with Gasteiger partial charge in [0.05, 0.1) is 9.79 Å². The number of hydrogen-bond acceptors (Lipinski definition) is 5. The molecular formula is C14H25N3O4S2. The van der Waals surface area contributed by atoms with E-state index in [4.69, 9.17) is 5.73 Å². The molecule has 0 fully saturated rings. The van der Waals surface area contributed by atoms with Gasteiger partial charge in [-0.15, -0.1) is 0 Å². The van der Waals surface area contributed by atoms with Gasteiger partial charge in [-0.2, -0.15) is 0 Å². The van der Waals surface area contributed by atoms with Gasteiger partial charge >= 0.3 is 0 Å². The maximum atomic E-state index is 12.4. The van der Waals surface area contributed by atoms with E-state index in [0.717, 1.165) is 10.4 Å². The zero-order valence-electron chi connectivity index (χ0n) is 13.9. The van der Waals surface area contributed by atoms with E-state index < -0.39 is 25.6 Å². The molecule has 0 spiro atoms. The molecule has 0 aliphatic rings. The summed E-state index contributed by atoms with van der Waals surface area (Å²) >= 11 is 0. The smallest absolute Gasteiger partial charge is 0.242 e. The predicted molar refractivity (Wildman–Crippen MR) is 90.0 cm³/mol. The minimum atomic E-state index is -3.84. The van der Waals surface area contributed by atoms with E-state index in [1.807, 2.05) is 13.8 Å². The van der Waals surface area contributed by atoms with Gasteiger partial charge in [-0.3, -0.25) is 0 Å². The second-order valence-corrected chi connectivity index (χ2v) is 9.58. The maximum absolute atomic E-state index is 12.4. The standard InChI is InChI=1S/C14H25N3O4S2/c1-5-14(15,6-2)11-16-22(18,19)12-8-7-9-13(10-12)23(20,21)17(3)4/h7-10,16H,5-6,11,15H2,1-4H3. The first-order valence-corrected chi connectivity index (χ1v) is 10.2. The highest BCUT2D eigenvalue weighted by atomic mass is 32.2. The van der Waals surface area contributed by atoms with Crippen LogP contribution in [-0.4, -0.2) is 47.3 Å². The molecular weight excluding hydrogens is 338 g/mol. The Morgan fingerprint density at radius 1 is 1.09 bits per heavy atom. The largest absolute Gasteiger partial charge is 0.324 e. The van der Waals surface area contributed by atoms with Crippen molar-refractivity contribution in [2.24, 2.45) is 5.73 Å². The van der Waals surface area contributed by atoms with Gasteiger partial charge in [0.1, 0.15) is 0 Å². The van der Waals surface area contributed by atoms with Crippen molar-refractivity contribution in [1.82, 2.24) is 9.03 Å². The lowest BCUT2D eigenvalue weighted by molar-refractivity contribution is 0.391. The molecule has 1 aromatic carbocycles. The summed E-state index contributed by atoms with van der Waals surface area (Å²) in [5, 5.41) is 0. The first-order chi connectivity index (χ1) is 10.5. The van der Waals surface area contributed by atoms with Crippen LogP contribution in [0.25, 0.3) is 0 Å². The Hall–Kier alpha value is -1.00. The SMILES string of the molecule is CCC(N)(CC)CNS(=O)(=O)c1cccc(S(=O)(=O)N(C)C)c1. The molecule has 3 N–H and O–H groups in total. The Morgan fingerprint density at radius 2 is 1.61 bits per heavy atom. The van der Waals surface area contributed by atoms with Crippen molar-refractivity contribution in [3.63, 3.8) is 0 Å². The van der Waals surface area contributed by atoms with Crippen molar-refractivity contribution in [2.75, 3.05) is 20.6 Å². The first kappa shape index (κ1) is 20.0. The number of nitrogens with zero attached hydrogens (tertiary/aromatic N) is 1. The van der Waals surface area contributed by atoms with Crippen LogP contribution in [0.2, 0.25) is 0 Å². The minimum Gasteiger partial charge on any atom is -0.324 e. The zero-order valence-corrected chi connectivity index (χ0v) is 15.5. The molecule has 0 aliphatic heterocycles. The van der Waals surface area contributed by atoms with Crippen LogP contribution in [-0.2, 0) is 20.0 Å². The molecule has 1 aromatic rings. The van der Waals surface area contributed by atoms with E-state index in [1.165, 1.54) is 32.3 Å². The lowest BCUT2D eigenvalue weighted by atomic mass is 9.95. The molecule has 0 bridgehead atoms. The third-order valence-corrected chi connectivity index (χ3v) is 7.13. The molecule has 0 atom stereocenters. The van der Waals surface area contributed by atoms with Gasteiger partial charge in [0.15, 0.2) is 0 Å². The average Bonchev–Trinajstić information content (AvgIpc) is 2.52. The quantitative estimate of drug-likeness (QED) is 0.708. The topological polar surface area (TPSA) is 110 Å². The van der Waals surface area contributed by atoms with Gasteiger partial charge < -0.3 is 5.73 Å². The summed E-state index contributed by atoms with van der Waals surface area (Å²) in [5.41, 5.74) is 5.47. The molecule has 0 heterocycles. The van der Waals surface area contributed by atoms with E-state index >= 15 is 0 Å². The summed E-state index contributed by atoms with van der Waals surface area (Å²) in [6.45, 7) is 3.87. The highest BCUT2D eigenvalue weighted by Crippen LogP contribution is 2.19.